The minimum Gasteiger partial charge on any atom is -0.472 e. The summed E-state index contributed by atoms with van der Waals surface area (Å²) >= 11 is 0. The molecular formula is C20H25N5O3. The monoisotopic (exact) mass is 383 g/mol. The Bertz CT molecular complexity index is 827. The number of carbonyl (C=O) groups excluding carboxylic acids is 1. The van der Waals surface area contributed by atoms with Gasteiger partial charge in [0.1, 0.15) is 18.1 Å². The second-order valence-electron chi connectivity index (χ2n) is 7.26. The van der Waals surface area contributed by atoms with Crippen molar-refractivity contribution >= 4 is 5.91 Å². The molecule has 0 bridgehead atoms. The fourth-order valence-corrected chi connectivity index (χ4v) is 3.42. The zero-order valence-electron chi connectivity index (χ0n) is 15.7. The molecular weight excluding hydrogens is 358 g/mol. The number of hydrogen-bond acceptors (Lipinski definition) is 7. The van der Waals surface area contributed by atoms with E-state index in [4.69, 9.17) is 4.74 Å². The molecule has 3 heterocycles. The van der Waals surface area contributed by atoms with Gasteiger partial charge in [0, 0.05) is 45.3 Å². The molecule has 0 saturated carbocycles. The summed E-state index contributed by atoms with van der Waals surface area (Å²) in [6.07, 6.45) is 1.74. The Balaban J connectivity index is 1.25. The van der Waals surface area contributed by atoms with Gasteiger partial charge in [0.2, 0.25) is 5.88 Å². The van der Waals surface area contributed by atoms with Gasteiger partial charge in [-0.2, -0.15) is 0 Å². The lowest BCUT2D eigenvalue weighted by molar-refractivity contribution is 0.0836. The summed E-state index contributed by atoms with van der Waals surface area (Å²) in [5, 5.41) is 16.2. The average molecular weight is 383 g/mol. The van der Waals surface area contributed by atoms with E-state index in [1.54, 1.807) is 0 Å². The first kappa shape index (κ1) is 18.8. The maximum Gasteiger partial charge on any atom is 0.270 e. The highest BCUT2D eigenvalue weighted by Gasteiger charge is 2.21. The third kappa shape index (κ3) is 4.64. The van der Waals surface area contributed by atoms with Gasteiger partial charge in [0.05, 0.1) is 6.10 Å². The number of aromatic nitrogens is 2. The van der Waals surface area contributed by atoms with Crippen LogP contribution in [0.1, 0.15) is 21.6 Å². The highest BCUT2D eigenvalue weighted by atomic mass is 16.5. The Morgan fingerprint density at radius 2 is 2.14 bits per heavy atom. The topological polar surface area (TPSA) is 99.6 Å². The molecule has 28 heavy (non-hydrogen) atoms. The Morgan fingerprint density at radius 3 is 2.93 bits per heavy atom. The van der Waals surface area contributed by atoms with Crippen molar-refractivity contribution in [2.45, 2.75) is 25.2 Å². The number of fused-ring (bicyclic) bond motifs is 1. The number of hydrogen-bond donors (Lipinski definition) is 3. The number of benzene rings is 1. The van der Waals surface area contributed by atoms with E-state index in [0.717, 1.165) is 32.6 Å². The second-order valence-corrected chi connectivity index (χ2v) is 7.26. The fourth-order valence-electron chi connectivity index (χ4n) is 3.42. The first-order valence-corrected chi connectivity index (χ1v) is 9.62. The van der Waals surface area contributed by atoms with Gasteiger partial charge in [-0.05, 0) is 17.5 Å². The highest BCUT2D eigenvalue weighted by Crippen LogP contribution is 2.18. The quantitative estimate of drug-likeness (QED) is 0.618. The van der Waals surface area contributed by atoms with Gasteiger partial charge < -0.3 is 20.5 Å². The summed E-state index contributed by atoms with van der Waals surface area (Å²) in [5.74, 6) is 0.0428. The molecule has 2 aromatic rings. The molecule has 1 fully saturated rings. The first-order chi connectivity index (χ1) is 13.7. The van der Waals surface area contributed by atoms with Crippen LogP contribution < -0.4 is 15.4 Å². The summed E-state index contributed by atoms with van der Waals surface area (Å²) in [5.41, 5.74) is 2.91. The summed E-state index contributed by atoms with van der Waals surface area (Å²) in [7, 11) is 0. The van der Waals surface area contributed by atoms with Gasteiger partial charge in [-0.3, -0.25) is 9.69 Å². The van der Waals surface area contributed by atoms with Crippen molar-refractivity contribution < 1.29 is 14.6 Å². The molecule has 0 spiro atoms. The molecule has 8 nitrogen and oxygen atoms in total. The Kier molecular flexibility index (Phi) is 5.80. The number of amides is 1. The molecule has 1 saturated heterocycles. The van der Waals surface area contributed by atoms with E-state index in [1.165, 1.54) is 23.5 Å². The average Bonchev–Trinajstić information content (AvgIpc) is 2.69. The molecule has 2 aliphatic heterocycles. The van der Waals surface area contributed by atoms with Gasteiger partial charge in [-0.15, -0.1) is 0 Å². The van der Waals surface area contributed by atoms with Gasteiger partial charge >= 0.3 is 0 Å². The third-order valence-corrected chi connectivity index (χ3v) is 5.08. The van der Waals surface area contributed by atoms with E-state index in [-0.39, 0.29) is 24.2 Å². The lowest BCUT2D eigenvalue weighted by Crippen LogP contribution is -2.50. The van der Waals surface area contributed by atoms with E-state index in [1.807, 2.05) is 6.07 Å². The summed E-state index contributed by atoms with van der Waals surface area (Å²) in [6, 6.07) is 9.92. The number of ether oxygens (including phenoxy) is 1. The van der Waals surface area contributed by atoms with Crippen LogP contribution in [0.15, 0.2) is 36.7 Å². The molecule has 2 aliphatic rings. The van der Waals surface area contributed by atoms with Crippen LogP contribution in [0.5, 0.6) is 5.88 Å². The minimum absolute atomic E-state index is 0.0855. The van der Waals surface area contributed by atoms with Crippen molar-refractivity contribution in [3.8, 4) is 5.88 Å². The van der Waals surface area contributed by atoms with Gasteiger partial charge in [-0.25, -0.2) is 9.97 Å². The highest BCUT2D eigenvalue weighted by molar-refractivity contribution is 5.92. The first-order valence-electron chi connectivity index (χ1n) is 9.62. The standard InChI is InChI=1S/C20H25N5O3/c26-16(12-25-6-5-14-3-1-2-4-15(14)11-25)8-22-20(27)18-7-19(24-13-23-18)28-17-9-21-10-17/h1-4,7,13,16-17,21,26H,5-6,8-12H2,(H,22,27)/t16-/m0/s1. The van der Waals surface area contributed by atoms with Crippen LogP contribution in [0.2, 0.25) is 0 Å². The molecule has 1 aromatic heterocycles. The molecule has 1 aromatic carbocycles. The van der Waals surface area contributed by atoms with Crippen LogP contribution in [0.3, 0.4) is 0 Å². The van der Waals surface area contributed by atoms with Crippen molar-refractivity contribution in [3.05, 3.63) is 53.5 Å². The number of aliphatic hydroxyl groups is 1. The van der Waals surface area contributed by atoms with Crippen LogP contribution in [0.4, 0.5) is 0 Å². The lowest BCUT2D eigenvalue weighted by atomic mass is 10.00. The molecule has 1 amide bonds. The number of aliphatic hydroxyl groups excluding tert-OH is 1. The van der Waals surface area contributed by atoms with Crippen molar-refractivity contribution in [2.75, 3.05) is 32.7 Å². The van der Waals surface area contributed by atoms with Crippen LogP contribution in [-0.4, -0.2) is 70.8 Å². The number of rotatable bonds is 7. The molecule has 0 aliphatic carbocycles. The van der Waals surface area contributed by atoms with Crippen LogP contribution in [0.25, 0.3) is 0 Å². The van der Waals surface area contributed by atoms with Gasteiger partial charge in [-0.1, -0.05) is 24.3 Å². The van der Waals surface area contributed by atoms with E-state index in [0.29, 0.717) is 12.4 Å². The van der Waals surface area contributed by atoms with Crippen molar-refractivity contribution in [1.82, 2.24) is 25.5 Å². The molecule has 0 radical (unpaired) electrons. The van der Waals surface area contributed by atoms with E-state index < -0.39 is 6.10 Å². The molecule has 1 atom stereocenters. The normalized spacial score (nSPS) is 18.0. The van der Waals surface area contributed by atoms with Gasteiger partial charge in [0.15, 0.2) is 0 Å². The maximum absolute atomic E-state index is 12.3. The number of β-amino-alcohol motifs (C(OH)–C–C–N with tert-alkyl or cyclic N) is 1. The molecule has 3 N–H and O–H groups in total. The summed E-state index contributed by atoms with van der Waals surface area (Å²) in [4.78, 5) is 22.6. The molecule has 0 unspecified atom stereocenters. The van der Waals surface area contributed by atoms with Crippen LogP contribution >= 0.6 is 0 Å². The van der Waals surface area contributed by atoms with Crippen LogP contribution in [-0.2, 0) is 13.0 Å². The SMILES string of the molecule is O=C(NC[C@H](O)CN1CCc2ccccc2C1)c1cc(OC2CNC2)ncn1. The predicted octanol–water partition coefficient (Wildman–Crippen LogP) is -0.0238. The maximum atomic E-state index is 12.3. The molecule has 148 valence electrons. The van der Waals surface area contributed by atoms with E-state index in [2.05, 4.69) is 43.7 Å². The van der Waals surface area contributed by atoms with Crippen molar-refractivity contribution in [2.24, 2.45) is 0 Å². The zero-order chi connectivity index (χ0) is 19.3. The Hall–Kier alpha value is -2.55. The fraction of sp³-hybridized carbons (Fsp3) is 0.450. The number of nitrogens with zero attached hydrogens (tertiary/aromatic N) is 3. The van der Waals surface area contributed by atoms with Gasteiger partial charge in [0.25, 0.3) is 5.91 Å². The Morgan fingerprint density at radius 1 is 1.32 bits per heavy atom. The number of carbonyl (C=O) groups is 1. The predicted molar refractivity (Wildman–Crippen MR) is 103 cm³/mol. The van der Waals surface area contributed by atoms with Crippen molar-refractivity contribution in [3.63, 3.8) is 0 Å². The third-order valence-electron chi connectivity index (χ3n) is 5.08. The number of nitrogens with one attached hydrogen (secondary N) is 2. The zero-order valence-corrected chi connectivity index (χ0v) is 15.7. The summed E-state index contributed by atoms with van der Waals surface area (Å²) in [6.45, 7) is 3.97. The second kappa shape index (κ2) is 8.64. The van der Waals surface area contributed by atoms with E-state index >= 15 is 0 Å². The Labute approximate surface area is 163 Å². The largest absolute Gasteiger partial charge is 0.472 e. The lowest BCUT2D eigenvalue weighted by Gasteiger charge is -2.30. The minimum atomic E-state index is -0.646. The van der Waals surface area contributed by atoms with E-state index in [9.17, 15) is 9.90 Å². The van der Waals surface area contributed by atoms with Crippen LogP contribution in [0, 0.1) is 0 Å². The van der Waals surface area contributed by atoms with Crippen molar-refractivity contribution in [1.29, 1.82) is 0 Å². The summed E-state index contributed by atoms with van der Waals surface area (Å²) < 4.78 is 5.65. The molecule has 4 rings (SSSR count). The smallest absolute Gasteiger partial charge is 0.270 e. The molecule has 8 heteroatoms.